The van der Waals surface area contributed by atoms with Crippen molar-refractivity contribution in [1.29, 1.82) is 0 Å². The largest absolute Gasteiger partial charge is 0.496 e. The van der Waals surface area contributed by atoms with Crippen LogP contribution in [0.25, 0.3) is 0 Å². The first-order valence-electron chi connectivity index (χ1n) is 7.91. The Bertz CT molecular complexity index is 626. The lowest BCUT2D eigenvalue weighted by molar-refractivity contribution is 0.409. The van der Waals surface area contributed by atoms with Crippen LogP contribution in [0.5, 0.6) is 5.75 Å². The van der Waals surface area contributed by atoms with Gasteiger partial charge in [-0.1, -0.05) is 17.7 Å². The van der Waals surface area contributed by atoms with Crippen molar-refractivity contribution in [2.75, 3.05) is 27.2 Å². The molecule has 5 nitrogen and oxygen atoms in total. The Labute approximate surface area is 161 Å². The van der Waals surface area contributed by atoms with E-state index in [-0.39, 0.29) is 24.0 Å². The van der Waals surface area contributed by atoms with Gasteiger partial charge in [0, 0.05) is 39.1 Å². The zero-order valence-corrected chi connectivity index (χ0v) is 16.9. The number of hydrogen-bond acceptors (Lipinski definition) is 2. The van der Waals surface area contributed by atoms with Crippen molar-refractivity contribution < 1.29 is 4.74 Å². The number of benzene rings is 1. The SMILES string of the molecule is CN=C(NCCc1cc(C)ccc1OC)NCCn1cccc1.I. The summed E-state index contributed by atoms with van der Waals surface area (Å²) in [7, 11) is 3.50. The molecule has 0 amide bonds. The van der Waals surface area contributed by atoms with E-state index >= 15 is 0 Å². The number of aliphatic imine (C=N–C) groups is 1. The van der Waals surface area contributed by atoms with Crippen molar-refractivity contribution in [3.05, 3.63) is 53.9 Å². The summed E-state index contributed by atoms with van der Waals surface area (Å²) in [6.07, 6.45) is 5.01. The van der Waals surface area contributed by atoms with Crippen molar-refractivity contribution >= 4 is 29.9 Å². The Morgan fingerprint density at radius 2 is 1.88 bits per heavy atom. The minimum Gasteiger partial charge on any atom is -0.496 e. The molecule has 0 aliphatic heterocycles. The van der Waals surface area contributed by atoms with Crippen molar-refractivity contribution in [3.8, 4) is 5.75 Å². The molecule has 24 heavy (non-hydrogen) atoms. The van der Waals surface area contributed by atoms with Crippen LogP contribution in [-0.4, -0.2) is 37.8 Å². The molecule has 1 aromatic heterocycles. The Morgan fingerprint density at radius 3 is 2.54 bits per heavy atom. The molecular weight excluding hydrogens is 415 g/mol. The first-order chi connectivity index (χ1) is 11.2. The Hall–Kier alpha value is -1.70. The molecule has 0 aliphatic rings. The first-order valence-corrected chi connectivity index (χ1v) is 7.91. The van der Waals surface area contributed by atoms with Gasteiger partial charge in [-0.3, -0.25) is 4.99 Å². The zero-order chi connectivity index (χ0) is 16.5. The number of guanidine groups is 1. The quantitative estimate of drug-likeness (QED) is 0.394. The van der Waals surface area contributed by atoms with Crippen LogP contribution in [0.2, 0.25) is 0 Å². The minimum atomic E-state index is 0. The number of aromatic nitrogens is 1. The molecule has 2 N–H and O–H groups in total. The summed E-state index contributed by atoms with van der Waals surface area (Å²) in [6.45, 7) is 4.66. The van der Waals surface area contributed by atoms with Crippen molar-refractivity contribution in [2.24, 2.45) is 4.99 Å². The van der Waals surface area contributed by atoms with E-state index < -0.39 is 0 Å². The normalized spacial score (nSPS) is 10.9. The standard InChI is InChI=1S/C18H26N4O.HI/c1-15-6-7-17(23-3)16(14-15)8-9-20-18(19-2)21-10-13-22-11-4-5-12-22;/h4-7,11-12,14H,8-10,13H2,1-3H3,(H2,19,20,21);1H. The van der Waals surface area contributed by atoms with Gasteiger partial charge in [-0.05, 0) is 37.1 Å². The number of aryl methyl sites for hydroxylation is 1. The number of halogens is 1. The molecule has 0 fully saturated rings. The Kier molecular flexibility index (Phi) is 9.29. The zero-order valence-electron chi connectivity index (χ0n) is 14.6. The topological polar surface area (TPSA) is 50.6 Å². The number of nitrogens with zero attached hydrogens (tertiary/aromatic N) is 2. The molecule has 0 unspecified atom stereocenters. The average Bonchev–Trinajstić information content (AvgIpc) is 3.07. The van der Waals surface area contributed by atoms with Crippen LogP contribution in [0.4, 0.5) is 0 Å². The smallest absolute Gasteiger partial charge is 0.191 e. The maximum atomic E-state index is 5.41. The third kappa shape index (κ3) is 6.43. The number of hydrogen-bond donors (Lipinski definition) is 2. The van der Waals surface area contributed by atoms with Crippen LogP contribution in [0, 0.1) is 6.92 Å². The van der Waals surface area contributed by atoms with Gasteiger partial charge in [0.1, 0.15) is 5.75 Å². The van der Waals surface area contributed by atoms with Crippen LogP contribution in [0.3, 0.4) is 0 Å². The van der Waals surface area contributed by atoms with E-state index in [1.807, 2.05) is 18.2 Å². The molecule has 0 bridgehead atoms. The maximum Gasteiger partial charge on any atom is 0.191 e. The molecule has 132 valence electrons. The van der Waals surface area contributed by atoms with Gasteiger partial charge in [0.15, 0.2) is 5.96 Å². The van der Waals surface area contributed by atoms with Crippen molar-refractivity contribution in [1.82, 2.24) is 15.2 Å². The fourth-order valence-corrected chi connectivity index (χ4v) is 2.46. The van der Waals surface area contributed by atoms with Crippen LogP contribution in [0.1, 0.15) is 11.1 Å². The van der Waals surface area contributed by atoms with Gasteiger partial charge in [0.05, 0.1) is 7.11 Å². The molecule has 2 aromatic rings. The lowest BCUT2D eigenvalue weighted by Crippen LogP contribution is -2.39. The highest BCUT2D eigenvalue weighted by molar-refractivity contribution is 14.0. The summed E-state index contributed by atoms with van der Waals surface area (Å²) in [5.74, 6) is 1.76. The second-order valence-corrected chi connectivity index (χ2v) is 5.41. The fraction of sp³-hybridized carbons (Fsp3) is 0.389. The summed E-state index contributed by atoms with van der Waals surface area (Å²) in [6, 6.07) is 10.3. The summed E-state index contributed by atoms with van der Waals surface area (Å²) in [4.78, 5) is 4.25. The highest BCUT2D eigenvalue weighted by Crippen LogP contribution is 2.19. The number of methoxy groups -OCH3 is 1. The molecule has 6 heteroatoms. The molecule has 0 radical (unpaired) electrons. The van der Waals surface area contributed by atoms with E-state index in [0.29, 0.717) is 0 Å². The second-order valence-electron chi connectivity index (χ2n) is 5.41. The fourth-order valence-electron chi connectivity index (χ4n) is 2.46. The van der Waals surface area contributed by atoms with Crippen LogP contribution in [0.15, 0.2) is 47.7 Å². The highest BCUT2D eigenvalue weighted by Gasteiger charge is 2.04. The van der Waals surface area contributed by atoms with Crippen LogP contribution in [-0.2, 0) is 13.0 Å². The monoisotopic (exact) mass is 442 g/mol. The first kappa shape index (κ1) is 20.3. The summed E-state index contributed by atoms with van der Waals surface area (Å²) in [5.41, 5.74) is 2.46. The van der Waals surface area contributed by atoms with Gasteiger partial charge in [-0.15, -0.1) is 24.0 Å². The van der Waals surface area contributed by atoms with Crippen LogP contribution < -0.4 is 15.4 Å². The van der Waals surface area contributed by atoms with E-state index in [0.717, 1.165) is 37.8 Å². The number of rotatable bonds is 7. The van der Waals surface area contributed by atoms with Gasteiger partial charge in [-0.25, -0.2) is 0 Å². The third-order valence-electron chi connectivity index (χ3n) is 3.67. The second kappa shape index (κ2) is 11.0. The molecule has 2 rings (SSSR count). The van der Waals surface area contributed by atoms with Gasteiger partial charge >= 0.3 is 0 Å². The lowest BCUT2D eigenvalue weighted by Gasteiger charge is -2.14. The molecule has 0 spiro atoms. The van der Waals surface area contributed by atoms with E-state index in [1.54, 1.807) is 14.2 Å². The van der Waals surface area contributed by atoms with E-state index in [1.165, 1.54) is 11.1 Å². The molecule has 0 aliphatic carbocycles. The Morgan fingerprint density at radius 1 is 1.17 bits per heavy atom. The summed E-state index contributed by atoms with van der Waals surface area (Å²) in [5, 5.41) is 6.66. The van der Waals surface area contributed by atoms with Gasteiger partial charge in [-0.2, -0.15) is 0 Å². The van der Waals surface area contributed by atoms with Crippen molar-refractivity contribution in [3.63, 3.8) is 0 Å². The van der Waals surface area contributed by atoms with E-state index in [2.05, 4.69) is 51.6 Å². The predicted octanol–water partition coefficient (Wildman–Crippen LogP) is 2.83. The van der Waals surface area contributed by atoms with E-state index in [9.17, 15) is 0 Å². The highest BCUT2D eigenvalue weighted by atomic mass is 127. The van der Waals surface area contributed by atoms with Gasteiger partial charge in [0.25, 0.3) is 0 Å². The lowest BCUT2D eigenvalue weighted by atomic mass is 10.1. The molecule has 1 aromatic carbocycles. The molecular formula is C18H27IN4O. The van der Waals surface area contributed by atoms with Crippen molar-refractivity contribution in [2.45, 2.75) is 19.9 Å². The van der Waals surface area contributed by atoms with Gasteiger partial charge < -0.3 is 19.9 Å². The number of ether oxygens (including phenoxy) is 1. The summed E-state index contributed by atoms with van der Waals surface area (Å²) < 4.78 is 7.55. The molecule has 0 saturated carbocycles. The van der Waals surface area contributed by atoms with E-state index in [4.69, 9.17) is 4.74 Å². The molecule has 1 heterocycles. The number of nitrogens with one attached hydrogen (secondary N) is 2. The molecule has 0 atom stereocenters. The average molecular weight is 442 g/mol. The molecule has 0 saturated heterocycles. The van der Waals surface area contributed by atoms with Crippen LogP contribution >= 0.6 is 24.0 Å². The minimum absolute atomic E-state index is 0. The predicted molar refractivity (Wildman–Crippen MR) is 111 cm³/mol. The van der Waals surface area contributed by atoms with Gasteiger partial charge in [0.2, 0.25) is 0 Å². The maximum absolute atomic E-state index is 5.41. The Balaban J connectivity index is 0.00000288. The third-order valence-corrected chi connectivity index (χ3v) is 3.67. The summed E-state index contributed by atoms with van der Waals surface area (Å²) >= 11 is 0.